The summed E-state index contributed by atoms with van der Waals surface area (Å²) in [6.07, 6.45) is 4.81. The fraction of sp³-hybridized carbons (Fsp3) is 0.211. The maximum atomic E-state index is 12.6. The third kappa shape index (κ3) is 4.28. The van der Waals surface area contributed by atoms with E-state index < -0.39 is 0 Å². The fourth-order valence-electron chi connectivity index (χ4n) is 2.67. The molecule has 1 aliphatic heterocycles. The van der Waals surface area contributed by atoms with Gasteiger partial charge in [-0.25, -0.2) is 0 Å². The lowest BCUT2D eigenvalue weighted by molar-refractivity contribution is -0.126. The summed E-state index contributed by atoms with van der Waals surface area (Å²) in [7, 11) is 0. The number of nitrogens with zero attached hydrogens (tertiary/aromatic N) is 2. The van der Waals surface area contributed by atoms with Gasteiger partial charge in [0.25, 0.3) is 0 Å². The molecule has 1 fully saturated rings. The van der Waals surface area contributed by atoms with E-state index in [0.29, 0.717) is 13.1 Å². The molecular weight excluding hydrogens is 334 g/mol. The van der Waals surface area contributed by atoms with Gasteiger partial charge in [-0.2, -0.15) is 0 Å². The quantitative estimate of drug-likeness (QED) is 0.859. The van der Waals surface area contributed by atoms with Crippen molar-refractivity contribution in [3.8, 4) is 11.1 Å². The van der Waals surface area contributed by atoms with Crippen molar-refractivity contribution in [2.75, 3.05) is 24.2 Å². The van der Waals surface area contributed by atoms with Crippen LogP contribution in [0.2, 0.25) is 0 Å². The minimum absolute atomic E-state index is 0.0881. The lowest BCUT2D eigenvalue weighted by atomic mass is 10.1. The molecule has 5 nitrogen and oxygen atoms in total. The van der Waals surface area contributed by atoms with E-state index >= 15 is 0 Å². The molecule has 0 radical (unpaired) electrons. The number of hydrogen-bond acceptors (Lipinski definition) is 4. The monoisotopic (exact) mass is 353 g/mol. The van der Waals surface area contributed by atoms with Crippen molar-refractivity contribution in [2.45, 2.75) is 5.25 Å². The van der Waals surface area contributed by atoms with Crippen LogP contribution in [0.3, 0.4) is 0 Å². The zero-order valence-electron chi connectivity index (χ0n) is 13.7. The SMILES string of the molecule is C=CC(=O)N1CCSC(C(=O)Nc2cccc(-c3cccnc3)c2)C1. The van der Waals surface area contributed by atoms with Gasteiger partial charge in [0.05, 0.1) is 0 Å². The molecule has 128 valence electrons. The van der Waals surface area contributed by atoms with E-state index in [1.807, 2.05) is 36.4 Å². The zero-order chi connectivity index (χ0) is 17.6. The molecule has 6 heteroatoms. The van der Waals surface area contributed by atoms with Crippen LogP contribution in [0.4, 0.5) is 5.69 Å². The molecule has 1 unspecified atom stereocenters. The van der Waals surface area contributed by atoms with Crippen molar-refractivity contribution in [3.05, 3.63) is 61.4 Å². The molecule has 3 rings (SSSR count). The van der Waals surface area contributed by atoms with Crippen LogP contribution in [0.1, 0.15) is 0 Å². The van der Waals surface area contributed by atoms with Gasteiger partial charge in [0.2, 0.25) is 11.8 Å². The van der Waals surface area contributed by atoms with Gasteiger partial charge in [0.1, 0.15) is 5.25 Å². The molecule has 0 spiro atoms. The standard InChI is InChI=1S/C19H19N3O2S/c1-2-18(23)22-9-10-25-17(13-22)19(24)21-16-7-3-5-14(11-16)15-6-4-8-20-12-15/h2-8,11-12,17H,1,9-10,13H2,(H,21,24). The number of rotatable bonds is 4. The van der Waals surface area contributed by atoms with E-state index in [2.05, 4.69) is 16.9 Å². The molecule has 2 amide bonds. The number of nitrogens with one attached hydrogen (secondary N) is 1. The molecule has 1 atom stereocenters. The molecule has 0 saturated carbocycles. The summed E-state index contributed by atoms with van der Waals surface area (Å²) in [6, 6.07) is 11.5. The first-order valence-corrected chi connectivity index (χ1v) is 9.06. The molecular formula is C19H19N3O2S. The predicted octanol–water partition coefficient (Wildman–Crippen LogP) is 2.82. The highest BCUT2D eigenvalue weighted by molar-refractivity contribution is 8.00. The lowest BCUT2D eigenvalue weighted by Gasteiger charge is -2.30. The van der Waals surface area contributed by atoms with Crippen LogP contribution in [0.5, 0.6) is 0 Å². The Morgan fingerprint density at radius 3 is 2.88 bits per heavy atom. The van der Waals surface area contributed by atoms with Crippen LogP contribution >= 0.6 is 11.8 Å². The van der Waals surface area contributed by atoms with Crippen molar-refractivity contribution in [3.63, 3.8) is 0 Å². The fourth-order valence-corrected chi connectivity index (χ4v) is 3.78. The Morgan fingerprint density at radius 1 is 1.28 bits per heavy atom. The van der Waals surface area contributed by atoms with Crippen molar-refractivity contribution in [2.24, 2.45) is 0 Å². The van der Waals surface area contributed by atoms with Gasteiger partial charge in [0.15, 0.2) is 0 Å². The summed E-state index contributed by atoms with van der Waals surface area (Å²) in [6.45, 7) is 4.56. The molecule has 0 bridgehead atoms. The molecule has 1 N–H and O–H groups in total. The molecule has 2 aromatic rings. The number of anilines is 1. The minimum Gasteiger partial charge on any atom is -0.337 e. The summed E-state index contributed by atoms with van der Waals surface area (Å²) >= 11 is 1.57. The third-order valence-corrected chi connectivity index (χ3v) is 5.15. The average molecular weight is 353 g/mol. The molecule has 1 aromatic carbocycles. The first kappa shape index (κ1) is 17.2. The van der Waals surface area contributed by atoms with Gasteiger partial charge in [-0.15, -0.1) is 11.8 Å². The van der Waals surface area contributed by atoms with Crippen molar-refractivity contribution in [1.82, 2.24) is 9.88 Å². The summed E-state index contributed by atoms with van der Waals surface area (Å²) < 4.78 is 0. The maximum Gasteiger partial charge on any atom is 0.246 e. The predicted molar refractivity (Wildman–Crippen MR) is 101 cm³/mol. The smallest absolute Gasteiger partial charge is 0.246 e. The Kier molecular flexibility index (Phi) is 5.50. The highest BCUT2D eigenvalue weighted by atomic mass is 32.2. The molecule has 2 heterocycles. The van der Waals surface area contributed by atoms with Crippen LogP contribution in [-0.2, 0) is 9.59 Å². The summed E-state index contributed by atoms with van der Waals surface area (Å²) in [5.74, 6) is 0.527. The highest BCUT2D eigenvalue weighted by Gasteiger charge is 2.28. The zero-order valence-corrected chi connectivity index (χ0v) is 14.5. The topological polar surface area (TPSA) is 62.3 Å². The minimum atomic E-state index is -0.278. The van der Waals surface area contributed by atoms with Crippen molar-refractivity contribution >= 4 is 29.3 Å². The summed E-state index contributed by atoms with van der Waals surface area (Å²) in [5, 5.41) is 2.68. The Bertz CT molecular complexity index is 779. The number of hydrogen-bond donors (Lipinski definition) is 1. The Labute approximate surface area is 151 Å². The van der Waals surface area contributed by atoms with Gasteiger partial charge < -0.3 is 10.2 Å². The van der Waals surface area contributed by atoms with E-state index in [9.17, 15) is 9.59 Å². The number of pyridine rings is 1. The molecule has 1 aromatic heterocycles. The molecule has 1 saturated heterocycles. The normalized spacial score (nSPS) is 17.0. The number of aromatic nitrogens is 1. The Morgan fingerprint density at radius 2 is 2.12 bits per heavy atom. The maximum absolute atomic E-state index is 12.6. The molecule has 0 aliphatic carbocycles. The van der Waals surface area contributed by atoms with Crippen LogP contribution in [0, 0.1) is 0 Å². The second-order valence-corrected chi connectivity index (χ2v) is 6.97. The number of amides is 2. The number of benzene rings is 1. The van der Waals surface area contributed by atoms with E-state index in [1.165, 1.54) is 6.08 Å². The van der Waals surface area contributed by atoms with E-state index in [-0.39, 0.29) is 17.1 Å². The van der Waals surface area contributed by atoms with E-state index in [1.54, 1.807) is 29.1 Å². The highest BCUT2D eigenvalue weighted by Crippen LogP contribution is 2.24. The van der Waals surface area contributed by atoms with Crippen LogP contribution in [0.25, 0.3) is 11.1 Å². The Balaban J connectivity index is 1.69. The number of carbonyl (C=O) groups excluding carboxylic acids is 2. The number of thioether (sulfide) groups is 1. The van der Waals surface area contributed by atoms with Gasteiger partial charge in [-0.1, -0.05) is 24.8 Å². The first-order valence-electron chi connectivity index (χ1n) is 8.01. The van der Waals surface area contributed by atoms with Crippen LogP contribution in [-0.4, -0.2) is 45.8 Å². The van der Waals surface area contributed by atoms with Crippen LogP contribution < -0.4 is 5.32 Å². The van der Waals surface area contributed by atoms with Crippen molar-refractivity contribution in [1.29, 1.82) is 0 Å². The van der Waals surface area contributed by atoms with Gasteiger partial charge in [-0.05, 0) is 29.8 Å². The van der Waals surface area contributed by atoms with Crippen LogP contribution in [0.15, 0.2) is 61.4 Å². The summed E-state index contributed by atoms with van der Waals surface area (Å²) in [4.78, 5) is 30.1. The largest absolute Gasteiger partial charge is 0.337 e. The van der Waals surface area contributed by atoms with E-state index in [0.717, 1.165) is 22.6 Å². The molecule has 25 heavy (non-hydrogen) atoms. The second-order valence-electron chi connectivity index (χ2n) is 5.66. The molecule has 1 aliphatic rings. The van der Waals surface area contributed by atoms with Crippen molar-refractivity contribution < 1.29 is 9.59 Å². The first-order chi connectivity index (χ1) is 12.2. The summed E-state index contributed by atoms with van der Waals surface area (Å²) in [5.41, 5.74) is 2.72. The third-order valence-electron chi connectivity index (χ3n) is 3.97. The number of carbonyl (C=O) groups is 2. The lowest BCUT2D eigenvalue weighted by Crippen LogP contribution is -2.45. The second kappa shape index (κ2) is 7.98. The average Bonchev–Trinajstić information content (AvgIpc) is 2.68. The Hall–Kier alpha value is -2.60. The van der Waals surface area contributed by atoms with Gasteiger partial charge in [-0.3, -0.25) is 14.6 Å². The van der Waals surface area contributed by atoms with Gasteiger partial charge >= 0.3 is 0 Å². The van der Waals surface area contributed by atoms with E-state index in [4.69, 9.17) is 0 Å². The van der Waals surface area contributed by atoms with Gasteiger partial charge in [0, 0.05) is 42.5 Å².